The van der Waals surface area contributed by atoms with E-state index in [4.69, 9.17) is 4.74 Å². The van der Waals surface area contributed by atoms with Crippen LogP contribution in [0.2, 0.25) is 0 Å². The Balaban J connectivity index is 2.45. The van der Waals surface area contributed by atoms with Gasteiger partial charge < -0.3 is 9.30 Å². The van der Waals surface area contributed by atoms with Crippen LogP contribution in [0.1, 0.15) is 10.5 Å². The van der Waals surface area contributed by atoms with Crippen LogP contribution in [0.15, 0.2) is 42.6 Å². The van der Waals surface area contributed by atoms with Gasteiger partial charge in [-0.25, -0.2) is 0 Å². The molecule has 0 aliphatic carbocycles. The number of benzene rings is 1. The lowest BCUT2D eigenvalue weighted by Crippen LogP contribution is -2.10. The van der Waals surface area contributed by atoms with Crippen molar-refractivity contribution in [1.82, 2.24) is 4.57 Å². The average molecular weight is 243 g/mol. The summed E-state index contributed by atoms with van der Waals surface area (Å²) in [4.78, 5) is 22.1. The van der Waals surface area contributed by atoms with E-state index in [1.807, 2.05) is 30.3 Å². The van der Waals surface area contributed by atoms with Gasteiger partial charge >= 0.3 is 0 Å². The van der Waals surface area contributed by atoms with Crippen molar-refractivity contribution in [3.05, 3.63) is 48.3 Å². The Morgan fingerprint density at radius 1 is 1.28 bits per heavy atom. The van der Waals surface area contributed by atoms with Gasteiger partial charge in [0, 0.05) is 18.9 Å². The van der Waals surface area contributed by atoms with E-state index in [2.05, 4.69) is 0 Å². The number of rotatable bonds is 5. The van der Waals surface area contributed by atoms with Gasteiger partial charge in [-0.15, -0.1) is 0 Å². The highest BCUT2D eigenvalue weighted by atomic mass is 16.5. The maximum absolute atomic E-state index is 11.5. The molecular weight excluding hydrogens is 230 g/mol. The quantitative estimate of drug-likeness (QED) is 0.459. The van der Waals surface area contributed by atoms with Crippen LogP contribution in [0.3, 0.4) is 0 Å². The lowest BCUT2D eigenvalue weighted by Gasteiger charge is -2.03. The van der Waals surface area contributed by atoms with Crippen molar-refractivity contribution < 1.29 is 14.3 Å². The number of Topliss-reactive ketones (excluding diaryl/α,β-unsaturated/α-hetero) is 1. The van der Waals surface area contributed by atoms with Crippen molar-refractivity contribution in [2.45, 2.75) is 6.73 Å². The van der Waals surface area contributed by atoms with Crippen LogP contribution < -0.4 is 0 Å². The number of carbonyl (C=O) groups is 2. The summed E-state index contributed by atoms with van der Waals surface area (Å²) in [5.74, 6) is -0.547. The first kappa shape index (κ1) is 12.3. The van der Waals surface area contributed by atoms with Crippen LogP contribution in [0.5, 0.6) is 0 Å². The molecule has 0 bridgehead atoms. The van der Waals surface area contributed by atoms with Gasteiger partial charge in [-0.3, -0.25) is 9.59 Å². The van der Waals surface area contributed by atoms with E-state index in [0.29, 0.717) is 12.0 Å². The lowest BCUT2D eigenvalue weighted by atomic mass is 10.1. The minimum Gasteiger partial charge on any atom is -0.364 e. The van der Waals surface area contributed by atoms with E-state index < -0.39 is 5.78 Å². The first-order valence-corrected chi connectivity index (χ1v) is 5.50. The number of aldehydes is 1. The second-order valence-electron chi connectivity index (χ2n) is 3.85. The summed E-state index contributed by atoms with van der Waals surface area (Å²) in [7, 11) is 1.54. The summed E-state index contributed by atoms with van der Waals surface area (Å²) in [5.41, 5.74) is 2.22. The Hall–Kier alpha value is -2.20. The molecule has 0 spiro atoms. The van der Waals surface area contributed by atoms with Gasteiger partial charge in [-0.2, -0.15) is 0 Å². The number of aromatic nitrogens is 1. The molecule has 2 rings (SSSR count). The second kappa shape index (κ2) is 5.42. The summed E-state index contributed by atoms with van der Waals surface area (Å²) < 4.78 is 6.63. The second-order valence-corrected chi connectivity index (χ2v) is 3.85. The fourth-order valence-corrected chi connectivity index (χ4v) is 1.81. The molecular formula is C14H13NO3. The highest BCUT2D eigenvalue weighted by molar-refractivity contribution is 6.32. The Labute approximate surface area is 105 Å². The zero-order chi connectivity index (χ0) is 13.0. The molecule has 4 nitrogen and oxygen atoms in total. The molecule has 18 heavy (non-hydrogen) atoms. The van der Waals surface area contributed by atoms with E-state index in [-0.39, 0.29) is 6.73 Å². The van der Waals surface area contributed by atoms with Gasteiger partial charge in [0.05, 0.1) is 5.69 Å². The number of ether oxygens (including phenoxy) is 1. The molecule has 0 amide bonds. The van der Waals surface area contributed by atoms with Gasteiger partial charge in [-0.05, 0) is 11.6 Å². The smallest absolute Gasteiger partial charge is 0.241 e. The van der Waals surface area contributed by atoms with Crippen molar-refractivity contribution in [3.63, 3.8) is 0 Å². The Kier molecular flexibility index (Phi) is 3.69. The van der Waals surface area contributed by atoms with Crippen LogP contribution in [0.25, 0.3) is 11.1 Å². The van der Waals surface area contributed by atoms with Crippen molar-refractivity contribution in [1.29, 1.82) is 0 Å². The summed E-state index contributed by atoms with van der Waals surface area (Å²) in [5, 5.41) is 0. The summed E-state index contributed by atoms with van der Waals surface area (Å²) in [6, 6.07) is 11.4. The van der Waals surface area contributed by atoms with E-state index in [0.717, 1.165) is 11.1 Å². The molecule has 0 unspecified atom stereocenters. The predicted octanol–water partition coefficient (Wildman–Crippen LogP) is 2.14. The molecule has 92 valence electrons. The van der Waals surface area contributed by atoms with Gasteiger partial charge in [0.1, 0.15) is 6.73 Å². The molecule has 1 heterocycles. The van der Waals surface area contributed by atoms with Gasteiger partial charge in [-0.1, -0.05) is 30.3 Å². The molecule has 0 radical (unpaired) electrons. The Morgan fingerprint density at radius 2 is 2.00 bits per heavy atom. The van der Waals surface area contributed by atoms with E-state index in [9.17, 15) is 9.59 Å². The minimum absolute atomic E-state index is 0.238. The fraction of sp³-hybridized carbons (Fsp3) is 0.143. The number of methoxy groups -OCH3 is 1. The summed E-state index contributed by atoms with van der Waals surface area (Å²) in [6.07, 6.45) is 2.12. The topological polar surface area (TPSA) is 48.3 Å². The number of nitrogens with zero attached hydrogens (tertiary/aromatic N) is 1. The number of ketones is 1. The zero-order valence-corrected chi connectivity index (χ0v) is 10.00. The Morgan fingerprint density at radius 3 is 2.61 bits per heavy atom. The maximum atomic E-state index is 11.5. The lowest BCUT2D eigenvalue weighted by molar-refractivity contribution is -0.104. The molecule has 1 aromatic heterocycles. The van der Waals surface area contributed by atoms with Crippen LogP contribution in [-0.4, -0.2) is 23.7 Å². The number of hydrogen-bond acceptors (Lipinski definition) is 3. The molecule has 4 heteroatoms. The third-order valence-electron chi connectivity index (χ3n) is 2.63. The zero-order valence-electron chi connectivity index (χ0n) is 10.00. The van der Waals surface area contributed by atoms with Crippen LogP contribution >= 0.6 is 0 Å². The SMILES string of the molecule is COCn1cc(-c2ccccc2)cc1C(=O)C=O. The van der Waals surface area contributed by atoms with Gasteiger partial charge in [0.25, 0.3) is 0 Å². The number of hydrogen-bond donors (Lipinski definition) is 0. The first-order chi connectivity index (χ1) is 8.76. The van der Waals surface area contributed by atoms with E-state index in [1.54, 1.807) is 16.8 Å². The van der Waals surface area contributed by atoms with E-state index >= 15 is 0 Å². The van der Waals surface area contributed by atoms with Gasteiger partial charge in [0.2, 0.25) is 5.78 Å². The summed E-state index contributed by atoms with van der Waals surface area (Å²) in [6.45, 7) is 0.238. The van der Waals surface area contributed by atoms with Crippen molar-refractivity contribution >= 4 is 12.1 Å². The van der Waals surface area contributed by atoms with Gasteiger partial charge in [0.15, 0.2) is 6.29 Å². The molecule has 0 saturated heterocycles. The van der Waals surface area contributed by atoms with Crippen LogP contribution in [0, 0.1) is 0 Å². The summed E-state index contributed by atoms with van der Waals surface area (Å²) >= 11 is 0. The molecule has 0 N–H and O–H groups in total. The van der Waals surface area contributed by atoms with Crippen molar-refractivity contribution in [2.75, 3.05) is 7.11 Å². The molecule has 0 aliphatic heterocycles. The molecule has 2 aromatic rings. The predicted molar refractivity (Wildman–Crippen MR) is 67.3 cm³/mol. The fourth-order valence-electron chi connectivity index (χ4n) is 1.81. The number of carbonyl (C=O) groups excluding carboxylic acids is 2. The maximum Gasteiger partial charge on any atom is 0.241 e. The third kappa shape index (κ3) is 2.38. The Bertz CT molecular complexity index is 558. The van der Waals surface area contributed by atoms with Crippen molar-refractivity contribution in [2.24, 2.45) is 0 Å². The highest BCUT2D eigenvalue weighted by Gasteiger charge is 2.13. The molecule has 0 aliphatic rings. The highest BCUT2D eigenvalue weighted by Crippen LogP contribution is 2.22. The first-order valence-electron chi connectivity index (χ1n) is 5.50. The molecule has 1 aromatic carbocycles. The minimum atomic E-state index is -0.547. The average Bonchev–Trinajstić information content (AvgIpc) is 2.83. The normalized spacial score (nSPS) is 10.3. The standard InChI is InChI=1S/C14H13NO3/c1-18-10-15-8-12(7-13(15)14(17)9-16)11-5-3-2-4-6-11/h2-9H,10H2,1H3. The molecule has 0 fully saturated rings. The molecule has 0 saturated carbocycles. The van der Waals surface area contributed by atoms with Crippen LogP contribution in [-0.2, 0) is 16.3 Å². The monoisotopic (exact) mass is 243 g/mol. The van der Waals surface area contributed by atoms with Crippen LogP contribution in [0.4, 0.5) is 0 Å². The largest absolute Gasteiger partial charge is 0.364 e. The molecule has 0 atom stereocenters. The third-order valence-corrected chi connectivity index (χ3v) is 2.63. The van der Waals surface area contributed by atoms with E-state index in [1.165, 1.54) is 7.11 Å². The van der Waals surface area contributed by atoms with Crippen molar-refractivity contribution in [3.8, 4) is 11.1 Å².